The summed E-state index contributed by atoms with van der Waals surface area (Å²) in [7, 11) is 0. The van der Waals surface area contributed by atoms with Gasteiger partial charge in [-0.15, -0.1) is 0 Å². The molecule has 1 aliphatic rings. The van der Waals surface area contributed by atoms with Gasteiger partial charge in [-0.3, -0.25) is 0 Å². The minimum absolute atomic E-state index is 0.0258. The first kappa shape index (κ1) is 26.5. The third kappa shape index (κ3) is 3.82. The van der Waals surface area contributed by atoms with E-state index >= 15 is 0 Å². The molecule has 47 heavy (non-hydrogen) atoms. The van der Waals surface area contributed by atoms with E-state index in [1.807, 2.05) is 0 Å². The van der Waals surface area contributed by atoms with Gasteiger partial charge in [0.05, 0.1) is 0 Å². The molecular weight excluding hydrogens is 565 g/mol. The molecule has 1 aliphatic carbocycles. The molecule has 0 saturated heterocycles. The van der Waals surface area contributed by atoms with Gasteiger partial charge in [-0.2, -0.15) is 0 Å². The van der Waals surface area contributed by atoms with Crippen LogP contribution in [0.3, 0.4) is 0 Å². The fourth-order valence-electron chi connectivity index (χ4n) is 8.41. The van der Waals surface area contributed by atoms with Crippen molar-refractivity contribution < 1.29 is 0 Å². The minimum atomic E-state index is -0.0258. The fourth-order valence-corrected chi connectivity index (χ4v) is 8.41. The minimum Gasteiger partial charge on any atom is -0.0619 e. The Kier molecular flexibility index (Phi) is 5.44. The van der Waals surface area contributed by atoms with Crippen molar-refractivity contribution >= 4 is 43.1 Å². The lowest BCUT2D eigenvalue weighted by atomic mass is 9.81. The Morgan fingerprint density at radius 1 is 0.319 bits per heavy atom. The standard InChI is InChI=1S/C47H32/c1-47(2)43-13-6-5-12-39(43)40-23-20-36(28-44(40)47)38-22-17-31-18-24-41-37(21-16-30-19-25-42(38)46(31)45(30)41)35-11-7-10-33(27-35)34-15-14-29-8-3-4-9-32(29)26-34/h3-28H,1-2H3. The van der Waals surface area contributed by atoms with Crippen LogP contribution in [0.5, 0.6) is 0 Å². The summed E-state index contributed by atoms with van der Waals surface area (Å²) in [4.78, 5) is 0. The molecule has 0 spiro atoms. The Hall–Kier alpha value is -5.72. The summed E-state index contributed by atoms with van der Waals surface area (Å²) in [5.41, 5.74) is 13.1. The predicted molar refractivity (Wildman–Crippen MR) is 202 cm³/mol. The molecule has 0 aromatic heterocycles. The van der Waals surface area contributed by atoms with Crippen LogP contribution in [0.2, 0.25) is 0 Å². The van der Waals surface area contributed by atoms with E-state index in [0.717, 1.165) is 0 Å². The second-order valence-electron chi connectivity index (χ2n) is 13.7. The van der Waals surface area contributed by atoms with Crippen LogP contribution >= 0.6 is 0 Å². The van der Waals surface area contributed by atoms with Crippen molar-refractivity contribution in [2.45, 2.75) is 19.3 Å². The molecule has 0 fully saturated rings. The van der Waals surface area contributed by atoms with Crippen molar-refractivity contribution in [1.82, 2.24) is 0 Å². The molecule has 0 saturated carbocycles. The van der Waals surface area contributed by atoms with Crippen LogP contribution < -0.4 is 0 Å². The van der Waals surface area contributed by atoms with Gasteiger partial charge >= 0.3 is 0 Å². The van der Waals surface area contributed by atoms with Gasteiger partial charge in [0.2, 0.25) is 0 Å². The van der Waals surface area contributed by atoms with Gasteiger partial charge in [-0.1, -0.05) is 153 Å². The van der Waals surface area contributed by atoms with E-state index in [4.69, 9.17) is 0 Å². The average Bonchev–Trinajstić information content (AvgIpc) is 3.35. The van der Waals surface area contributed by atoms with Gasteiger partial charge in [-0.05, 0) is 117 Å². The molecule has 220 valence electrons. The fraction of sp³-hybridized carbons (Fsp3) is 0.0638. The van der Waals surface area contributed by atoms with Crippen LogP contribution in [0, 0.1) is 0 Å². The summed E-state index contributed by atoms with van der Waals surface area (Å²) in [5.74, 6) is 0. The first-order valence-corrected chi connectivity index (χ1v) is 16.6. The average molecular weight is 597 g/mol. The van der Waals surface area contributed by atoms with E-state index in [0.29, 0.717) is 0 Å². The summed E-state index contributed by atoms with van der Waals surface area (Å²) in [6.45, 7) is 4.73. The van der Waals surface area contributed by atoms with Crippen LogP contribution in [0.4, 0.5) is 0 Å². The van der Waals surface area contributed by atoms with Crippen molar-refractivity contribution in [3.63, 3.8) is 0 Å². The lowest BCUT2D eigenvalue weighted by Gasteiger charge is -2.22. The lowest BCUT2D eigenvalue weighted by molar-refractivity contribution is 0.660. The third-order valence-electron chi connectivity index (χ3n) is 10.8. The monoisotopic (exact) mass is 596 g/mol. The summed E-state index contributed by atoms with van der Waals surface area (Å²) in [6, 6.07) is 59.0. The highest BCUT2D eigenvalue weighted by Crippen LogP contribution is 2.50. The zero-order chi connectivity index (χ0) is 31.3. The SMILES string of the molecule is CC1(C)c2ccccc2-c2ccc(-c3ccc4ccc5c(-c6cccc(-c7ccc8ccccc8c7)c6)ccc6ccc3c4c65)cc21. The third-order valence-corrected chi connectivity index (χ3v) is 10.8. The molecule has 0 radical (unpaired) electrons. The smallest absolute Gasteiger partial charge is 0.0159 e. The van der Waals surface area contributed by atoms with Gasteiger partial charge in [0, 0.05) is 5.41 Å². The maximum absolute atomic E-state index is 2.45. The number of hydrogen-bond acceptors (Lipinski definition) is 0. The lowest BCUT2D eigenvalue weighted by Crippen LogP contribution is -2.14. The molecule has 0 bridgehead atoms. The van der Waals surface area contributed by atoms with E-state index in [1.54, 1.807) is 0 Å². The summed E-state index contributed by atoms with van der Waals surface area (Å²) in [5, 5.41) is 10.4. The second-order valence-corrected chi connectivity index (χ2v) is 13.7. The van der Waals surface area contributed by atoms with Crippen molar-refractivity contribution in [2.75, 3.05) is 0 Å². The van der Waals surface area contributed by atoms with Crippen LogP contribution in [0.15, 0.2) is 158 Å². The van der Waals surface area contributed by atoms with Crippen LogP contribution in [0.25, 0.3) is 87.6 Å². The van der Waals surface area contributed by atoms with Crippen LogP contribution in [0.1, 0.15) is 25.0 Å². The van der Waals surface area contributed by atoms with Crippen molar-refractivity contribution in [3.05, 3.63) is 169 Å². The van der Waals surface area contributed by atoms with Crippen LogP contribution in [-0.4, -0.2) is 0 Å². The molecule has 0 nitrogen and oxygen atoms in total. The highest BCUT2D eigenvalue weighted by atomic mass is 14.4. The largest absolute Gasteiger partial charge is 0.0619 e. The van der Waals surface area contributed by atoms with Crippen molar-refractivity contribution in [2.24, 2.45) is 0 Å². The Labute approximate surface area is 274 Å². The quantitative estimate of drug-likeness (QED) is 0.178. The molecule has 0 atom stereocenters. The van der Waals surface area contributed by atoms with Gasteiger partial charge in [0.1, 0.15) is 0 Å². The van der Waals surface area contributed by atoms with E-state index in [9.17, 15) is 0 Å². The van der Waals surface area contributed by atoms with Crippen LogP contribution in [-0.2, 0) is 5.41 Å². The highest BCUT2D eigenvalue weighted by molar-refractivity contribution is 6.27. The predicted octanol–water partition coefficient (Wildman–Crippen LogP) is 13.0. The molecule has 0 N–H and O–H groups in total. The van der Waals surface area contributed by atoms with Gasteiger partial charge in [0.15, 0.2) is 0 Å². The summed E-state index contributed by atoms with van der Waals surface area (Å²) < 4.78 is 0. The zero-order valence-electron chi connectivity index (χ0n) is 26.5. The maximum atomic E-state index is 2.45. The summed E-state index contributed by atoms with van der Waals surface area (Å²) >= 11 is 0. The topological polar surface area (TPSA) is 0 Å². The number of hydrogen-bond donors (Lipinski definition) is 0. The van der Waals surface area contributed by atoms with Gasteiger partial charge in [0.25, 0.3) is 0 Å². The van der Waals surface area contributed by atoms with E-state index < -0.39 is 0 Å². The van der Waals surface area contributed by atoms with Gasteiger partial charge in [-0.25, -0.2) is 0 Å². The molecule has 9 aromatic carbocycles. The zero-order valence-corrected chi connectivity index (χ0v) is 26.5. The van der Waals surface area contributed by atoms with E-state index in [1.165, 1.54) is 98.7 Å². The molecule has 10 rings (SSSR count). The maximum Gasteiger partial charge on any atom is 0.0159 e. The molecule has 0 heteroatoms. The Balaban J connectivity index is 1.14. The Bertz CT molecular complexity index is 2700. The molecular formula is C47H32. The molecule has 0 heterocycles. The number of benzene rings is 9. The Morgan fingerprint density at radius 3 is 1.62 bits per heavy atom. The second kappa shape index (κ2) is 9.64. The van der Waals surface area contributed by atoms with Gasteiger partial charge < -0.3 is 0 Å². The molecule has 0 unspecified atom stereocenters. The Morgan fingerprint density at radius 2 is 0.851 bits per heavy atom. The molecule has 0 aliphatic heterocycles. The van der Waals surface area contributed by atoms with E-state index in [2.05, 4.69) is 172 Å². The number of rotatable bonds is 3. The first-order chi connectivity index (χ1) is 23.0. The number of fused-ring (bicyclic) bond motifs is 4. The normalized spacial score (nSPS) is 13.5. The van der Waals surface area contributed by atoms with E-state index in [-0.39, 0.29) is 5.41 Å². The van der Waals surface area contributed by atoms with Crippen molar-refractivity contribution in [3.8, 4) is 44.5 Å². The first-order valence-electron chi connectivity index (χ1n) is 16.6. The molecule has 9 aromatic rings. The summed E-state index contributed by atoms with van der Waals surface area (Å²) in [6.07, 6.45) is 0. The highest BCUT2D eigenvalue weighted by Gasteiger charge is 2.35. The molecule has 0 amide bonds. The van der Waals surface area contributed by atoms with Crippen molar-refractivity contribution in [1.29, 1.82) is 0 Å².